The Hall–Kier alpha value is -2.97. The van der Waals surface area contributed by atoms with E-state index in [0.29, 0.717) is 54.9 Å². The zero-order valence-electron chi connectivity index (χ0n) is 23.0. The SMILES string of the molecule is CCOc1cc([C@@H](C)N(CCOCc2ccccc2)C(=O)NC2(C(=O)O)CCC2)c(Cl)c(OCC)c1C1CC1. The molecule has 0 radical (unpaired) electrons. The van der Waals surface area contributed by atoms with E-state index in [0.717, 1.165) is 36.1 Å². The maximum absolute atomic E-state index is 13.6. The van der Waals surface area contributed by atoms with Gasteiger partial charge >= 0.3 is 12.0 Å². The first-order valence-electron chi connectivity index (χ1n) is 13.9. The predicted octanol–water partition coefficient (Wildman–Crippen LogP) is 6.31. The van der Waals surface area contributed by atoms with Crippen molar-refractivity contribution in [2.75, 3.05) is 26.4 Å². The lowest BCUT2D eigenvalue weighted by Gasteiger charge is -2.41. The Morgan fingerprint density at radius 2 is 1.85 bits per heavy atom. The Morgan fingerprint density at radius 3 is 2.41 bits per heavy atom. The Morgan fingerprint density at radius 1 is 1.15 bits per heavy atom. The molecule has 2 aliphatic rings. The molecule has 0 spiro atoms. The molecule has 1 atom stereocenters. The first-order chi connectivity index (χ1) is 18.8. The number of carbonyl (C=O) groups excluding carboxylic acids is 1. The van der Waals surface area contributed by atoms with Gasteiger partial charge in [0.1, 0.15) is 17.0 Å². The minimum absolute atomic E-state index is 0.240. The van der Waals surface area contributed by atoms with Gasteiger partial charge in [0.25, 0.3) is 0 Å². The molecule has 0 unspecified atom stereocenters. The monoisotopic (exact) mass is 558 g/mol. The summed E-state index contributed by atoms with van der Waals surface area (Å²) in [7, 11) is 0. The number of nitrogens with zero attached hydrogens (tertiary/aromatic N) is 1. The lowest BCUT2D eigenvalue weighted by atomic mass is 9.77. The van der Waals surface area contributed by atoms with Gasteiger partial charge in [-0.1, -0.05) is 41.9 Å². The number of urea groups is 1. The average Bonchev–Trinajstić information content (AvgIpc) is 3.73. The molecule has 2 fully saturated rings. The Bertz CT molecular complexity index is 1150. The number of carbonyl (C=O) groups is 2. The van der Waals surface area contributed by atoms with E-state index in [4.69, 9.17) is 25.8 Å². The molecular weight excluding hydrogens is 520 g/mol. The molecule has 2 N–H and O–H groups in total. The minimum Gasteiger partial charge on any atom is -0.493 e. The van der Waals surface area contributed by atoms with Crippen LogP contribution in [0.15, 0.2) is 36.4 Å². The number of hydrogen-bond donors (Lipinski definition) is 2. The van der Waals surface area contributed by atoms with Crippen LogP contribution in [-0.4, -0.2) is 53.9 Å². The van der Waals surface area contributed by atoms with Crippen LogP contribution in [0.5, 0.6) is 11.5 Å². The van der Waals surface area contributed by atoms with Gasteiger partial charge in [-0.15, -0.1) is 0 Å². The van der Waals surface area contributed by atoms with Gasteiger partial charge in [-0.05, 0) is 70.4 Å². The zero-order valence-corrected chi connectivity index (χ0v) is 23.8. The fourth-order valence-corrected chi connectivity index (χ4v) is 5.40. The lowest BCUT2D eigenvalue weighted by molar-refractivity contribution is -0.148. The zero-order chi connectivity index (χ0) is 28.0. The molecule has 0 heterocycles. The molecule has 2 amide bonds. The molecule has 2 saturated carbocycles. The first-order valence-corrected chi connectivity index (χ1v) is 14.2. The standard InChI is InChI=1S/C30H39ClN2O6/c1-4-38-24-18-23(26(31)27(39-5-2)25(24)22-12-13-22)20(3)33(16-17-37-19-21-10-7-6-8-11-21)29(36)32-30(28(34)35)14-9-15-30/h6-8,10-11,18,20,22H,4-5,9,12-17,19H2,1-3H3,(H,32,36)(H,34,35)/t20-/m1/s1. The fourth-order valence-electron chi connectivity index (χ4n) is 5.03. The number of hydrogen-bond acceptors (Lipinski definition) is 5. The third-order valence-electron chi connectivity index (χ3n) is 7.55. The number of carboxylic acids is 1. The van der Waals surface area contributed by atoms with Crippen molar-refractivity contribution in [3.05, 3.63) is 58.1 Å². The largest absolute Gasteiger partial charge is 0.493 e. The fraction of sp³-hybridized carbons (Fsp3) is 0.533. The maximum Gasteiger partial charge on any atom is 0.329 e. The van der Waals surface area contributed by atoms with Crippen LogP contribution in [0.1, 0.15) is 81.5 Å². The molecular formula is C30H39ClN2O6. The van der Waals surface area contributed by atoms with Gasteiger partial charge in [0, 0.05) is 17.7 Å². The number of rotatable bonds is 14. The van der Waals surface area contributed by atoms with E-state index < -0.39 is 23.6 Å². The second-order valence-electron chi connectivity index (χ2n) is 10.2. The van der Waals surface area contributed by atoms with Crippen LogP contribution in [0.2, 0.25) is 5.02 Å². The van der Waals surface area contributed by atoms with Crippen LogP contribution >= 0.6 is 11.6 Å². The summed E-state index contributed by atoms with van der Waals surface area (Å²) in [6.07, 6.45) is 3.67. The van der Waals surface area contributed by atoms with E-state index in [1.165, 1.54) is 0 Å². The number of benzene rings is 2. The van der Waals surface area contributed by atoms with Gasteiger partial charge < -0.3 is 29.5 Å². The molecule has 0 aromatic heterocycles. The van der Waals surface area contributed by atoms with Gasteiger partial charge in [0.15, 0.2) is 0 Å². The summed E-state index contributed by atoms with van der Waals surface area (Å²) in [5.41, 5.74) is 1.46. The van der Waals surface area contributed by atoms with Crippen LogP contribution < -0.4 is 14.8 Å². The summed E-state index contributed by atoms with van der Waals surface area (Å²) in [5, 5.41) is 13.1. The van der Waals surface area contributed by atoms with Crippen LogP contribution in [0.3, 0.4) is 0 Å². The van der Waals surface area contributed by atoms with E-state index >= 15 is 0 Å². The van der Waals surface area contributed by atoms with E-state index in [1.54, 1.807) is 4.90 Å². The summed E-state index contributed by atoms with van der Waals surface area (Å²) in [5.74, 6) is 0.654. The van der Waals surface area contributed by atoms with Crippen molar-refractivity contribution in [3.63, 3.8) is 0 Å². The second-order valence-corrected chi connectivity index (χ2v) is 10.6. The quantitative estimate of drug-likeness (QED) is 0.264. The topological polar surface area (TPSA) is 97.3 Å². The molecule has 212 valence electrons. The van der Waals surface area contributed by atoms with Gasteiger partial charge in [0.2, 0.25) is 0 Å². The maximum atomic E-state index is 13.6. The minimum atomic E-state index is -1.24. The summed E-state index contributed by atoms with van der Waals surface area (Å²) >= 11 is 6.98. The summed E-state index contributed by atoms with van der Waals surface area (Å²) in [4.78, 5) is 27.2. The smallest absolute Gasteiger partial charge is 0.329 e. The molecule has 2 aromatic carbocycles. The number of halogens is 1. The van der Waals surface area contributed by atoms with Gasteiger partial charge in [-0.2, -0.15) is 0 Å². The Labute approximate surface area is 235 Å². The highest BCUT2D eigenvalue weighted by atomic mass is 35.5. The first kappa shape index (κ1) is 29.0. The van der Waals surface area contributed by atoms with Crippen molar-refractivity contribution < 1.29 is 28.9 Å². The molecule has 8 nitrogen and oxygen atoms in total. The highest BCUT2D eigenvalue weighted by Crippen LogP contribution is 2.53. The van der Waals surface area contributed by atoms with Gasteiger partial charge in [-0.3, -0.25) is 0 Å². The van der Waals surface area contributed by atoms with Gasteiger partial charge in [-0.25, -0.2) is 9.59 Å². The lowest BCUT2D eigenvalue weighted by Crippen LogP contribution is -2.62. The molecule has 0 aliphatic heterocycles. The summed E-state index contributed by atoms with van der Waals surface area (Å²) < 4.78 is 18.0. The van der Waals surface area contributed by atoms with Crippen molar-refractivity contribution in [2.24, 2.45) is 0 Å². The second kappa shape index (κ2) is 12.9. The predicted molar refractivity (Wildman–Crippen MR) is 150 cm³/mol. The third kappa shape index (κ3) is 6.61. The van der Waals surface area contributed by atoms with E-state index in [9.17, 15) is 14.7 Å². The number of aliphatic carboxylic acids is 1. The van der Waals surface area contributed by atoms with Gasteiger partial charge in [0.05, 0.1) is 37.5 Å². The number of nitrogens with one attached hydrogen (secondary N) is 1. The molecule has 39 heavy (non-hydrogen) atoms. The van der Waals surface area contributed by atoms with Crippen molar-refractivity contribution in [2.45, 2.75) is 77.0 Å². The Balaban J connectivity index is 1.62. The number of carboxylic acid groups (broad SMARTS) is 1. The van der Waals surface area contributed by atoms with Crippen molar-refractivity contribution in [1.29, 1.82) is 0 Å². The van der Waals surface area contributed by atoms with Crippen LogP contribution in [0, 0.1) is 0 Å². The van der Waals surface area contributed by atoms with Crippen LogP contribution in [-0.2, 0) is 16.1 Å². The molecule has 0 saturated heterocycles. The third-order valence-corrected chi connectivity index (χ3v) is 7.94. The van der Waals surface area contributed by atoms with Crippen LogP contribution in [0.25, 0.3) is 0 Å². The molecule has 0 bridgehead atoms. The van der Waals surface area contributed by atoms with Crippen molar-refractivity contribution in [3.8, 4) is 11.5 Å². The highest BCUT2D eigenvalue weighted by molar-refractivity contribution is 6.33. The highest BCUT2D eigenvalue weighted by Gasteiger charge is 2.47. The van der Waals surface area contributed by atoms with Crippen LogP contribution in [0.4, 0.5) is 4.79 Å². The normalized spacial score (nSPS) is 16.6. The number of ether oxygens (including phenoxy) is 3. The Kier molecular flexibility index (Phi) is 9.62. The summed E-state index contributed by atoms with van der Waals surface area (Å²) in [6.45, 7) is 7.57. The summed E-state index contributed by atoms with van der Waals surface area (Å²) in [6, 6.07) is 10.7. The van der Waals surface area contributed by atoms with E-state index in [1.807, 2.05) is 57.2 Å². The number of amides is 2. The van der Waals surface area contributed by atoms with Crippen molar-refractivity contribution >= 4 is 23.6 Å². The molecule has 2 aromatic rings. The van der Waals surface area contributed by atoms with E-state index in [2.05, 4.69) is 5.32 Å². The molecule has 4 rings (SSSR count). The average molecular weight is 559 g/mol. The molecule has 2 aliphatic carbocycles. The van der Waals surface area contributed by atoms with Crippen molar-refractivity contribution in [1.82, 2.24) is 10.2 Å². The molecule has 9 heteroatoms. The van der Waals surface area contributed by atoms with E-state index in [-0.39, 0.29) is 13.2 Å².